The molecule has 3 atom stereocenters. The van der Waals surface area contributed by atoms with Crippen LogP contribution in [0, 0.1) is 18.3 Å². The third kappa shape index (κ3) is 4.99. The molecule has 3 unspecified atom stereocenters. The maximum Gasteiger partial charge on any atom is 0.296 e. The monoisotopic (exact) mass is 489 g/mol. The van der Waals surface area contributed by atoms with Crippen LogP contribution in [-0.2, 0) is 27.3 Å². The standard InChI is InChI=1S/C24H28ClN3O4S/c1-18-3-9-22(10-4-18)33(30,31)32-15-23(2)12-11-20(13-19-5-7-21(25)8-6-19)24(23,29)14-28-17-26-16-27-28/h3-10,16-17,20,29H,11-15H2,1-2H3. The Morgan fingerprint density at radius 3 is 2.52 bits per heavy atom. The Morgan fingerprint density at radius 2 is 1.88 bits per heavy atom. The lowest BCUT2D eigenvalue weighted by Gasteiger charge is -2.42. The number of halogens is 1. The van der Waals surface area contributed by atoms with Crippen molar-refractivity contribution in [2.45, 2.75) is 50.2 Å². The zero-order valence-electron chi connectivity index (χ0n) is 18.7. The van der Waals surface area contributed by atoms with Gasteiger partial charge >= 0.3 is 0 Å². The highest BCUT2D eigenvalue weighted by atomic mass is 35.5. The third-order valence-corrected chi connectivity index (χ3v) is 8.40. The maximum absolute atomic E-state index is 12.8. The summed E-state index contributed by atoms with van der Waals surface area (Å²) in [6.07, 6.45) is 4.93. The molecule has 1 aliphatic rings. The first-order chi connectivity index (χ1) is 15.6. The lowest BCUT2D eigenvalue weighted by atomic mass is 9.71. The second-order valence-corrected chi connectivity index (χ2v) is 11.2. The molecule has 4 rings (SSSR count). The van der Waals surface area contributed by atoms with Crippen molar-refractivity contribution in [1.82, 2.24) is 14.8 Å². The number of benzene rings is 2. The second-order valence-electron chi connectivity index (χ2n) is 9.17. The molecule has 0 saturated heterocycles. The van der Waals surface area contributed by atoms with Crippen LogP contribution >= 0.6 is 11.6 Å². The fourth-order valence-electron chi connectivity index (χ4n) is 4.68. The van der Waals surface area contributed by atoms with Crippen molar-refractivity contribution in [2.24, 2.45) is 11.3 Å². The molecular formula is C24H28ClN3O4S. The topological polar surface area (TPSA) is 94.3 Å². The van der Waals surface area contributed by atoms with Gasteiger partial charge in [-0.3, -0.25) is 8.86 Å². The summed E-state index contributed by atoms with van der Waals surface area (Å²) in [5.74, 6) is -0.126. The van der Waals surface area contributed by atoms with Crippen LogP contribution in [0.4, 0.5) is 0 Å². The number of hydrogen-bond acceptors (Lipinski definition) is 6. The molecule has 0 aliphatic heterocycles. The SMILES string of the molecule is Cc1ccc(S(=O)(=O)OCC2(C)CCC(Cc3ccc(Cl)cc3)C2(O)Cn2cncn2)cc1. The number of hydrogen-bond donors (Lipinski definition) is 1. The van der Waals surface area contributed by atoms with Crippen molar-refractivity contribution >= 4 is 21.7 Å². The van der Waals surface area contributed by atoms with Gasteiger partial charge in [-0.2, -0.15) is 13.5 Å². The Hall–Kier alpha value is -2.26. The van der Waals surface area contributed by atoms with Gasteiger partial charge in [0, 0.05) is 10.4 Å². The van der Waals surface area contributed by atoms with E-state index in [9.17, 15) is 13.5 Å². The van der Waals surface area contributed by atoms with E-state index in [1.54, 1.807) is 23.1 Å². The average Bonchev–Trinajstić information content (AvgIpc) is 3.37. The van der Waals surface area contributed by atoms with Crippen LogP contribution < -0.4 is 0 Å². The Balaban J connectivity index is 1.59. The van der Waals surface area contributed by atoms with E-state index in [0.29, 0.717) is 17.9 Å². The molecule has 2 aromatic carbocycles. The number of aromatic nitrogens is 3. The molecule has 0 amide bonds. The van der Waals surface area contributed by atoms with Gasteiger partial charge < -0.3 is 5.11 Å². The summed E-state index contributed by atoms with van der Waals surface area (Å²) >= 11 is 6.03. The molecule has 33 heavy (non-hydrogen) atoms. The zero-order valence-corrected chi connectivity index (χ0v) is 20.3. The van der Waals surface area contributed by atoms with Gasteiger partial charge in [0.15, 0.2) is 0 Å². The van der Waals surface area contributed by atoms with Crippen LogP contribution in [0.1, 0.15) is 30.9 Å². The molecule has 1 N–H and O–H groups in total. The zero-order chi connectivity index (χ0) is 23.7. The summed E-state index contributed by atoms with van der Waals surface area (Å²) in [4.78, 5) is 4.10. The third-order valence-electron chi connectivity index (χ3n) is 6.87. The van der Waals surface area contributed by atoms with Crippen molar-refractivity contribution in [3.05, 3.63) is 77.3 Å². The van der Waals surface area contributed by atoms with Gasteiger partial charge in [-0.1, -0.05) is 48.4 Å². The Bertz CT molecular complexity index is 1180. The molecule has 1 aromatic heterocycles. The highest BCUT2D eigenvalue weighted by Gasteiger charge is 2.57. The van der Waals surface area contributed by atoms with E-state index in [-0.39, 0.29) is 24.0 Å². The number of rotatable bonds is 8. The number of nitrogens with zero attached hydrogens (tertiary/aromatic N) is 3. The molecule has 9 heteroatoms. The van der Waals surface area contributed by atoms with Gasteiger partial charge in [-0.05, 0) is 61.9 Å². The van der Waals surface area contributed by atoms with Crippen LogP contribution in [0.5, 0.6) is 0 Å². The van der Waals surface area contributed by atoms with E-state index in [1.807, 2.05) is 38.1 Å². The molecule has 1 heterocycles. The van der Waals surface area contributed by atoms with Crippen molar-refractivity contribution in [3.63, 3.8) is 0 Å². The molecule has 1 saturated carbocycles. The quantitative estimate of drug-likeness (QED) is 0.480. The summed E-state index contributed by atoms with van der Waals surface area (Å²) in [7, 11) is -3.96. The van der Waals surface area contributed by atoms with Crippen LogP contribution in [0.3, 0.4) is 0 Å². The highest BCUT2D eigenvalue weighted by molar-refractivity contribution is 7.86. The van der Waals surface area contributed by atoms with Gasteiger partial charge in [-0.15, -0.1) is 0 Å². The molecule has 0 bridgehead atoms. The average molecular weight is 490 g/mol. The Morgan fingerprint density at radius 1 is 1.18 bits per heavy atom. The van der Waals surface area contributed by atoms with E-state index in [1.165, 1.54) is 18.5 Å². The minimum absolute atomic E-state index is 0.104. The normalized spacial score (nSPS) is 25.4. The van der Waals surface area contributed by atoms with Gasteiger partial charge in [0.25, 0.3) is 10.1 Å². The molecule has 0 spiro atoms. The van der Waals surface area contributed by atoms with Gasteiger partial charge in [0.1, 0.15) is 12.7 Å². The molecule has 1 fully saturated rings. The minimum Gasteiger partial charge on any atom is -0.387 e. The van der Waals surface area contributed by atoms with Crippen LogP contribution in [0.2, 0.25) is 5.02 Å². The summed E-state index contributed by atoms with van der Waals surface area (Å²) in [5, 5.41) is 16.9. The molecular weight excluding hydrogens is 462 g/mol. The molecule has 1 aliphatic carbocycles. The first-order valence-corrected chi connectivity index (χ1v) is 12.7. The van der Waals surface area contributed by atoms with Crippen LogP contribution in [-0.4, -0.2) is 40.5 Å². The van der Waals surface area contributed by atoms with Crippen molar-refractivity contribution in [3.8, 4) is 0 Å². The summed E-state index contributed by atoms with van der Waals surface area (Å²) in [6.45, 7) is 3.83. The summed E-state index contributed by atoms with van der Waals surface area (Å²) in [6, 6.07) is 14.1. The fourth-order valence-corrected chi connectivity index (χ4v) is 5.82. The Labute approximate surface area is 199 Å². The van der Waals surface area contributed by atoms with Crippen molar-refractivity contribution in [1.29, 1.82) is 0 Å². The predicted molar refractivity (Wildman–Crippen MR) is 125 cm³/mol. The Kier molecular flexibility index (Phi) is 6.64. The van der Waals surface area contributed by atoms with Crippen LogP contribution in [0.25, 0.3) is 0 Å². The van der Waals surface area contributed by atoms with E-state index < -0.39 is 21.1 Å². The first kappa shape index (κ1) is 23.9. The molecule has 0 radical (unpaired) electrons. The van der Waals surface area contributed by atoms with Crippen molar-refractivity contribution < 1.29 is 17.7 Å². The van der Waals surface area contributed by atoms with E-state index >= 15 is 0 Å². The number of aryl methyl sites for hydroxylation is 1. The van der Waals surface area contributed by atoms with E-state index in [0.717, 1.165) is 17.5 Å². The molecule has 176 valence electrons. The van der Waals surface area contributed by atoms with Crippen LogP contribution in [0.15, 0.2) is 66.1 Å². The smallest absolute Gasteiger partial charge is 0.296 e. The fraction of sp³-hybridized carbons (Fsp3) is 0.417. The van der Waals surface area contributed by atoms with E-state index in [2.05, 4.69) is 10.1 Å². The van der Waals surface area contributed by atoms with Gasteiger partial charge in [0.05, 0.1) is 23.6 Å². The first-order valence-electron chi connectivity index (χ1n) is 10.9. The number of aliphatic hydroxyl groups is 1. The highest BCUT2D eigenvalue weighted by Crippen LogP contribution is 2.52. The predicted octanol–water partition coefficient (Wildman–Crippen LogP) is 4.04. The van der Waals surface area contributed by atoms with Gasteiger partial charge in [-0.25, -0.2) is 4.98 Å². The summed E-state index contributed by atoms with van der Waals surface area (Å²) < 4.78 is 32.8. The molecule has 3 aromatic rings. The van der Waals surface area contributed by atoms with Crippen molar-refractivity contribution in [2.75, 3.05) is 6.61 Å². The van der Waals surface area contributed by atoms with Gasteiger partial charge in [0.2, 0.25) is 0 Å². The lowest BCUT2D eigenvalue weighted by molar-refractivity contribution is -0.112. The maximum atomic E-state index is 12.8. The summed E-state index contributed by atoms with van der Waals surface area (Å²) in [5.41, 5.74) is -0.0560. The lowest BCUT2D eigenvalue weighted by Crippen LogP contribution is -2.53. The van der Waals surface area contributed by atoms with E-state index in [4.69, 9.17) is 15.8 Å². The largest absolute Gasteiger partial charge is 0.387 e. The molecule has 7 nitrogen and oxygen atoms in total. The second kappa shape index (κ2) is 9.18. The minimum atomic E-state index is -3.96.